The number of aryl methyl sites for hydroxylation is 1. The minimum Gasteiger partial charge on any atom is -0.484 e. The van der Waals surface area contributed by atoms with Crippen molar-refractivity contribution in [2.75, 3.05) is 6.61 Å². The molecule has 0 aliphatic carbocycles. The Morgan fingerprint density at radius 1 is 1.32 bits per heavy atom. The van der Waals surface area contributed by atoms with Crippen molar-refractivity contribution in [2.45, 2.75) is 19.9 Å². The molecule has 1 aromatic carbocycles. The molecule has 0 radical (unpaired) electrons. The van der Waals surface area contributed by atoms with Crippen LogP contribution in [-0.4, -0.2) is 12.5 Å². The molecule has 19 heavy (non-hydrogen) atoms. The largest absolute Gasteiger partial charge is 0.484 e. The van der Waals surface area contributed by atoms with Gasteiger partial charge in [0, 0.05) is 0 Å². The van der Waals surface area contributed by atoms with Gasteiger partial charge in [-0.15, -0.1) is 0 Å². The predicted molar refractivity (Wildman–Crippen MR) is 71.9 cm³/mol. The predicted octanol–water partition coefficient (Wildman–Crippen LogP) is 2.84. The second-order valence-electron chi connectivity index (χ2n) is 4.36. The third-order valence-electron chi connectivity index (χ3n) is 2.80. The molecule has 0 saturated heterocycles. The smallest absolute Gasteiger partial charge is 0.258 e. The van der Waals surface area contributed by atoms with E-state index in [0.717, 1.165) is 17.1 Å². The molecule has 0 spiro atoms. The monoisotopic (exact) mass is 259 g/mol. The van der Waals surface area contributed by atoms with E-state index in [4.69, 9.17) is 9.15 Å². The summed E-state index contributed by atoms with van der Waals surface area (Å²) in [6.45, 7) is 3.80. The molecule has 1 atom stereocenters. The maximum atomic E-state index is 11.8. The van der Waals surface area contributed by atoms with Crippen LogP contribution in [0.4, 0.5) is 0 Å². The number of nitrogens with one attached hydrogen (secondary N) is 1. The molecule has 2 rings (SSSR count). The number of benzene rings is 1. The van der Waals surface area contributed by atoms with Gasteiger partial charge in [0.05, 0.1) is 12.3 Å². The maximum absolute atomic E-state index is 11.8. The summed E-state index contributed by atoms with van der Waals surface area (Å²) in [5.74, 6) is 1.28. The zero-order valence-corrected chi connectivity index (χ0v) is 11.1. The van der Waals surface area contributed by atoms with Gasteiger partial charge in [-0.25, -0.2) is 0 Å². The first kappa shape index (κ1) is 13.2. The van der Waals surface area contributed by atoms with Crippen LogP contribution in [0.25, 0.3) is 0 Å². The molecule has 0 aliphatic rings. The van der Waals surface area contributed by atoms with Crippen LogP contribution in [0.3, 0.4) is 0 Å². The molecule has 0 saturated carbocycles. The summed E-state index contributed by atoms with van der Waals surface area (Å²) in [4.78, 5) is 11.8. The molecule has 0 unspecified atom stereocenters. The first-order chi connectivity index (χ1) is 9.16. The van der Waals surface area contributed by atoms with Crippen LogP contribution in [0.1, 0.15) is 24.3 Å². The van der Waals surface area contributed by atoms with E-state index in [1.165, 1.54) is 0 Å². The second-order valence-corrected chi connectivity index (χ2v) is 4.36. The Bertz CT molecular complexity index is 534. The second kappa shape index (κ2) is 6.09. The van der Waals surface area contributed by atoms with E-state index in [9.17, 15) is 4.79 Å². The summed E-state index contributed by atoms with van der Waals surface area (Å²) in [5, 5.41) is 2.81. The number of amides is 1. The maximum Gasteiger partial charge on any atom is 0.258 e. The molecule has 4 heteroatoms. The quantitative estimate of drug-likeness (QED) is 0.898. The van der Waals surface area contributed by atoms with Crippen molar-refractivity contribution in [2.24, 2.45) is 0 Å². The highest BCUT2D eigenvalue weighted by Crippen LogP contribution is 2.16. The van der Waals surface area contributed by atoms with E-state index >= 15 is 0 Å². The highest BCUT2D eigenvalue weighted by atomic mass is 16.5. The average Bonchev–Trinajstić information content (AvgIpc) is 2.91. The van der Waals surface area contributed by atoms with E-state index in [0.29, 0.717) is 0 Å². The van der Waals surface area contributed by atoms with Crippen LogP contribution < -0.4 is 10.1 Å². The van der Waals surface area contributed by atoms with Gasteiger partial charge >= 0.3 is 0 Å². The molecular formula is C15H17NO3. The lowest BCUT2D eigenvalue weighted by Crippen LogP contribution is -2.31. The Hall–Kier alpha value is -2.23. The van der Waals surface area contributed by atoms with E-state index in [1.54, 1.807) is 12.3 Å². The van der Waals surface area contributed by atoms with Crippen molar-refractivity contribution in [1.29, 1.82) is 0 Å². The first-order valence-corrected chi connectivity index (χ1v) is 6.18. The zero-order chi connectivity index (χ0) is 13.7. The lowest BCUT2D eigenvalue weighted by atomic mass is 10.2. The van der Waals surface area contributed by atoms with Crippen LogP contribution in [0.2, 0.25) is 0 Å². The van der Waals surface area contributed by atoms with Crippen LogP contribution in [0, 0.1) is 6.92 Å². The van der Waals surface area contributed by atoms with Crippen LogP contribution in [0.15, 0.2) is 47.1 Å². The number of para-hydroxylation sites is 1. The molecule has 0 bridgehead atoms. The summed E-state index contributed by atoms with van der Waals surface area (Å²) in [6.07, 6.45) is 1.59. The Labute approximate surface area is 112 Å². The van der Waals surface area contributed by atoms with E-state index in [2.05, 4.69) is 5.32 Å². The summed E-state index contributed by atoms with van der Waals surface area (Å²) >= 11 is 0. The van der Waals surface area contributed by atoms with Crippen molar-refractivity contribution in [3.05, 3.63) is 54.0 Å². The molecule has 1 heterocycles. The molecule has 1 aromatic heterocycles. The third-order valence-corrected chi connectivity index (χ3v) is 2.80. The Morgan fingerprint density at radius 3 is 2.79 bits per heavy atom. The number of carbonyl (C=O) groups is 1. The number of rotatable bonds is 5. The van der Waals surface area contributed by atoms with Gasteiger partial charge in [0.15, 0.2) is 6.61 Å². The minimum atomic E-state index is -0.174. The minimum absolute atomic E-state index is 0.00407. The molecule has 0 fully saturated rings. The van der Waals surface area contributed by atoms with Gasteiger partial charge in [-0.2, -0.15) is 0 Å². The van der Waals surface area contributed by atoms with Gasteiger partial charge < -0.3 is 14.5 Å². The van der Waals surface area contributed by atoms with Crippen molar-refractivity contribution < 1.29 is 13.9 Å². The van der Waals surface area contributed by atoms with Crippen LogP contribution >= 0.6 is 0 Å². The Kier molecular flexibility index (Phi) is 4.23. The molecule has 1 N–H and O–H groups in total. The zero-order valence-electron chi connectivity index (χ0n) is 11.1. The van der Waals surface area contributed by atoms with Crippen LogP contribution in [0.5, 0.6) is 5.75 Å². The number of furan rings is 1. The number of carbonyl (C=O) groups excluding carboxylic acids is 1. The van der Waals surface area contributed by atoms with Gasteiger partial charge in [-0.3, -0.25) is 4.79 Å². The Morgan fingerprint density at radius 2 is 2.11 bits per heavy atom. The molecule has 100 valence electrons. The molecule has 0 aliphatic heterocycles. The highest BCUT2D eigenvalue weighted by Gasteiger charge is 2.12. The summed E-state index contributed by atoms with van der Waals surface area (Å²) < 4.78 is 10.7. The van der Waals surface area contributed by atoms with Crippen molar-refractivity contribution >= 4 is 5.91 Å². The third kappa shape index (κ3) is 3.61. The summed E-state index contributed by atoms with van der Waals surface area (Å²) in [5.41, 5.74) is 1.01. The van der Waals surface area contributed by atoms with Gasteiger partial charge in [0.25, 0.3) is 5.91 Å². The number of hydrogen-bond donors (Lipinski definition) is 1. The lowest BCUT2D eigenvalue weighted by molar-refractivity contribution is -0.123. The van der Waals surface area contributed by atoms with Crippen molar-refractivity contribution in [3.8, 4) is 5.75 Å². The first-order valence-electron chi connectivity index (χ1n) is 6.18. The van der Waals surface area contributed by atoms with Gasteiger partial charge in [0.2, 0.25) is 0 Å². The van der Waals surface area contributed by atoms with Gasteiger partial charge in [0.1, 0.15) is 11.5 Å². The molecular weight excluding hydrogens is 242 g/mol. The van der Waals surface area contributed by atoms with Crippen molar-refractivity contribution in [1.82, 2.24) is 5.32 Å². The average molecular weight is 259 g/mol. The fourth-order valence-electron chi connectivity index (χ4n) is 1.75. The SMILES string of the molecule is Cc1ccccc1OCC(=O)N[C@H](C)c1ccco1. The van der Waals surface area contributed by atoms with Gasteiger partial charge in [-0.05, 0) is 37.6 Å². The standard InChI is InChI=1S/C15H17NO3/c1-11-6-3-4-7-13(11)19-10-15(17)16-12(2)14-8-5-9-18-14/h3-9,12H,10H2,1-2H3,(H,16,17)/t12-/m1/s1. The summed E-state index contributed by atoms with van der Waals surface area (Å²) in [6, 6.07) is 11.1. The molecule has 4 nitrogen and oxygen atoms in total. The number of hydrogen-bond acceptors (Lipinski definition) is 3. The number of ether oxygens (including phenoxy) is 1. The summed E-state index contributed by atoms with van der Waals surface area (Å²) in [7, 11) is 0. The normalized spacial score (nSPS) is 11.9. The van der Waals surface area contributed by atoms with E-state index in [1.807, 2.05) is 44.2 Å². The molecule has 2 aromatic rings. The van der Waals surface area contributed by atoms with E-state index in [-0.39, 0.29) is 18.6 Å². The topological polar surface area (TPSA) is 51.5 Å². The van der Waals surface area contributed by atoms with Gasteiger partial charge in [-0.1, -0.05) is 18.2 Å². The van der Waals surface area contributed by atoms with Crippen LogP contribution in [-0.2, 0) is 4.79 Å². The highest BCUT2D eigenvalue weighted by molar-refractivity contribution is 5.77. The van der Waals surface area contributed by atoms with E-state index < -0.39 is 0 Å². The molecule has 1 amide bonds. The fourth-order valence-corrected chi connectivity index (χ4v) is 1.75. The fraction of sp³-hybridized carbons (Fsp3) is 0.267. The lowest BCUT2D eigenvalue weighted by Gasteiger charge is -2.12. The van der Waals surface area contributed by atoms with Crippen molar-refractivity contribution in [3.63, 3.8) is 0 Å². The Balaban J connectivity index is 1.84.